The van der Waals surface area contributed by atoms with Crippen molar-refractivity contribution in [3.63, 3.8) is 0 Å². The van der Waals surface area contributed by atoms with Crippen molar-refractivity contribution in [2.75, 3.05) is 0 Å². The van der Waals surface area contributed by atoms with Gasteiger partial charge in [-0.15, -0.1) is 0 Å². The average molecular weight is 622 g/mol. The van der Waals surface area contributed by atoms with Crippen LogP contribution in [0.4, 0.5) is 0 Å². The van der Waals surface area contributed by atoms with Crippen LogP contribution in [-0.2, 0) is 0 Å². The number of benzene rings is 6. The largest absolute Gasteiger partial charge is 0.360 e. The lowest BCUT2D eigenvalue weighted by Crippen LogP contribution is -2.44. The van der Waals surface area contributed by atoms with Gasteiger partial charge in [-0.05, 0) is 51.6 Å². The molecule has 5 nitrogen and oxygen atoms in total. The first kappa shape index (κ1) is 29.4. The van der Waals surface area contributed by atoms with Crippen molar-refractivity contribution >= 4 is 17.2 Å². The second kappa shape index (κ2) is 13.4. The Balaban J connectivity index is 1.14. The van der Waals surface area contributed by atoms with Crippen LogP contribution >= 0.6 is 0 Å². The average Bonchev–Trinajstić information content (AvgIpc) is 3.19. The molecule has 3 N–H and O–H groups in total. The smallest absolute Gasteiger partial charge is 0.145 e. The first-order valence-corrected chi connectivity index (χ1v) is 16.3. The summed E-state index contributed by atoms with van der Waals surface area (Å²) in [7, 11) is 0. The van der Waals surface area contributed by atoms with Gasteiger partial charge in [-0.2, -0.15) is 0 Å². The highest BCUT2D eigenvalue weighted by molar-refractivity contribution is 6.13. The van der Waals surface area contributed by atoms with Crippen molar-refractivity contribution in [1.29, 1.82) is 0 Å². The molecule has 3 atom stereocenters. The van der Waals surface area contributed by atoms with Crippen molar-refractivity contribution in [1.82, 2.24) is 16.0 Å². The second-order valence-electron chi connectivity index (χ2n) is 12.0. The summed E-state index contributed by atoms with van der Waals surface area (Å²) in [6, 6.07) is 59.0. The van der Waals surface area contributed by atoms with Crippen LogP contribution < -0.4 is 16.0 Å². The lowest BCUT2D eigenvalue weighted by molar-refractivity contribution is 0.409. The lowest BCUT2D eigenvalue weighted by Gasteiger charge is -2.32. The molecule has 2 aliphatic heterocycles. The highest BCUT2D eigenvalue weighted by Gasteiger charge is 2.26. The first-order valence-electron chi connectivity index (χ1n) is 16.3. The molecule has 0 fully saturated rings. The normalized spacial score (nSPS) is 18.8. The van der Waals surface area contributed by atoms with Gasteiger partial charge in [0.25, 0.3) is 0 Å². The van der Waals surface area contributed by atoms with E-state index in [0.717, 1.165) is 61.8 Å². The molecule has 0 amide bonds. The van der Waals surface area contributed by atoms with Crippen LogP contribution in [0.2, 0.25) is 0 Å². The number of hydrogen-bond donors (Lipinski definition) is 3. The Morgan fingerprint density at radius 3 is 1.65 bits per heavy atom. The molecule has 0 spiro atoms. The maximum atomic E-state index is 5.19. The van der Waals surface area contributed by atoms with Crippen LogP contribution in [0, 0.1) is 0 Å². The van der Waals surface area contributed by atoms with Gasteiger partial charge in [-0.3, -0.25) is 10.3 Å². The maximum absolute atomic E-state index is 5.19. The fourth-order valence-electron chi connectivity index (χ4n) is 6.31. The molecular weight excluding hydrogens is 587 g/mol. The van der Waals surface area contributed by atoms with Crippen LogP contribution in [0.5, 0.6) is 0 Å². The van der Waals surface area contributed by atoms with Gasteiger partial charge in [0.15, 0.2) is 0 Å². The van der Waals surface area contributed by atoms with Gasteiger partial charge in [0.1, 0.15) is 24.3 Å². The summed E-state index contributed by atoms with van der Waals surface area (Å²) >= 11 is 0. The molecular formula is C43H35N5. The zero-order chi connectivity index (χ0) is 32.1. The molecule has 6 aromatic carbocycles. The quantitative estimate of drug-likeness (QED) is 0.167. The Morgan fingerprint density at radius 2 is 0.938 bits per heavy atom. The predicted octanol–water partition coefficient (Wildman–Crippen LogP) is 8.82. The van der Waals surface area contributed by atoms with Crippen LogP contribution in [0.3, 0.4) is 0 Å². The van der Waals surface area contributed by atoms with E-state index in [-0.39, 0.29) is 18.5 Å². The Labute approximate surface area is 281 Å². The van der Waals surface area contributed by atoms with Crippen molar-refractivity contribution in [3.8, 4) is 11.1 Å². The predicted molar refractivity (Wildman–Crippen MR) is 196 cm³/mol. The highest BCUT2D eigenvalue weighted by atomic mass is 15.3. The third-order valence-corrected chi connectivity index (χ3v) is 8.78. The molecule has 3 unspecified atom stereocenters. The summed E-state index contributed by atoms with van der Waals surface area (Å²) in [6.07, 6.45) is 1.66. The van der Waals surface area contributed by atoms with E-state index in [1.54, 1.807) is 0 Å². The first-order chi connectivity index (χ1) is 23.8. The summed E-state index contributed by atoms with van der Waals surface area (Å²) in [6.45, 7) is 0. The zero-order valence-electron chi connectivity index (χ0n) is 26.4. The zero-order valence-corrected chi connectivity index (χ0v) is 26.4. The minimum atomic E-state index is -0.230. The van der Waals surface area contributed by atoms with Crippen molar-refractivity contribution in [2.45, 2.75) is 18.5 Å². The van der Waals surface area contributed by atoms with E-state index in [4.69, 9.17) is 9.98 Å². The molecule has 232 valence electrons. The van der Waals surface area contributed by atoms with E-state index in [2.05, 4.69) is 168 Å². The van der Waals surface area contributed by atoms with E-state index >= 15 is 0 Å². The lowest BCUT2D eigenvalue weighted by atomic mass is 9.96. The Kier molecular flexibility index (Phi) is 8.18. The van der Waals surface area contributed by atoms with Gasteiger partial charge in [-0.1, -0.05) is 158 Å². The number of nitrogens with one attached hydrogen (secondary N) is 3. The minimum Gasteiger partial charge on any atom is -0.360 e. The number of nitrogens with zero attached hydrogens (tertiary/aromatic N) is 2. The SMILES string of the molecule is C1=C(c2ccccc2)NC(c2ccccc2)N=C1c1cccc(-c2cccc(C3N=C(c4ccccc4)NC(c4ccccc4)N3)c2)c1. The van der Waals surface area contributed by atoms with E-state index in [0.29, 0.717) is 0 Å². The molecule has 0 saturated carbocycles. The summed E-state index contributed by atoms with van der Waals surface area (Å²) in [5.41, 5.74) is 10.9. The van der Waals surface area contributed by atoms with E-state index in [1.165, 1.54) is 0 Å². The second-order valence-corrected chi connectivity index (χ2v) is 12.0. The Bertz CT molecular complexity index is 2110. The van der Waals surface area contributed by atoms with Gasteiger partial charge < -0.3 is 10.6 Å². The van der Waals surface area contributed by atoms with Gasteiger partial charge in [-0.25, -0.2) is 4.99 Å². The fraction of sp³-hybridized carbons (Fsp3) is 0.0698. The third-order valence-electron chi connectivity index (χ3n) is 8.78. The van der Waals surface area contributed by atoms with Crippen LogP contribution in [0.15, 0.2) is 186 Å². The van der Waals surface area contributed by atoms with Crippen molar-refractivity contribution in [3.05, 3.63) is 209 Å². The fourth-order valence-corrected chi connectivity index (χ4v) is 6.31. The molecule has 0 aromatic heterocycles. The standard InChI is InChI=1S/C43H35N5/c1-5-15-30(16-6-1)38-29-39(45-40(44-38)31-17-7-2-8-18-31)36-25-13-23-34(27-36)35-24-14-26-37(28-35)43-47-41(32-19-9-3-10-20-32)46-42(48-43)33-21-11-4-12-22-33/h1-29,40-41,43-44,47H,(H,46,48). The van der Waals surface area contributed by atoms with E-state index in [9.17, 15) is 0 Å². The van der Waals surface area contributed by atoms with Crippen LogP contribution in [-0.4, -0.2) is 11.5 Å². The molecule has 48 heavy (non-hydrogen) atoms. The summed E-state index contributed by atoms with van der Waals surface area (Å²) in [5.74, 6) is 0.874. The van der Waals surface area contributed by atoms with Crippen LogP contribution in [0.1, 0.15) is 51.9 Å². The molecule has 8 rings (SSSR count). The maximum Gasteiger partial charge on any atom is 0.145 e. The van der Waals surface area contributed by atoms with E-state index < -0.39 is 0 Å². The van der Waals surface area contributed by atoms with Gasteiger partial charge in [0, 0.05) is 16.8 Å². The van der Waals surface area contributed by atoms with E-state index in [1.807, 2.05) is 24.3 Å². The Morgan fingerprint density at radius 1 is 0.396 bits per heavy atom. The number of amidine groups is 1. The van der Waals surface area contributed by atoms with Gasteiger partial charge in [0.2, 0.25) is 0 Å². The molecule has 0 radical (unpaired) electrons. The molecule has 2 heterocycles. The molecule has 0 saturated heterocycles. The molecule has 2 aliphatic rings. The summed E-state index contributed by atoms with van der Waals surface area (Å²) < 4.78 is 0. The topological polar surface area (TPSA) is 60.8 Å². The highest BCUT2D eigenvalue weighted by Crippen LogP contribution is 2.31. The molecule has 0 aliphatic carbocycles. The number of hydrogen-bond acceptors (Lipinski definition) is 5. The number of aliphatic imine (C=N–C) groups is 2. The van der Waals surface area contributed by atoms with Crippen molar-refractivity contribution < 1.29 is 0 Å². The number of allylic oxidation sites excluding steroid dienone is 1. The van der Waals surface area contributed by atoms with Gasteiger partial charge >= 0.3 is 0 Å². The molecule has 6 aromatic rings. The summed E-state index contributed by atoms with van der Waals surface area (Å²) in [5, 5.41) is 11.0. The number of rotatable bonds is 7. The monoisotopic (exact) mass is 621 g/mol. The third kappa shape index (κ3) is 6.32. The van der Waals surface area contributed by atoms with Gasteiger partial charge in [0.05, 0.1) is 5.71 Å². The molecule has 5 heteroatoms. The summed E-state index contributed by atoms with van der Waals surface area (Å²) in [4.78, 5) is 10.4. The van der Waals surface area contributed by atoms with Crippen molar-refractivity contribution in [2.24, 2.45) is 9.98 Å². The Hall–Kier alpha value is -6.04. The molecule has 0 bridgehead atoms. The van der Waals surface area contributed by atoms with Crippen LogP contribution in [0.25, 0.3) is 16.8 Å². The minimum absolute atomic E-state index is 0.0861.